The minimum Gasteiger partial charge on any atom is -0.493 e. The third-order valence-corrected chi connectivity index (χ3v) is 5.16. The van der Waals surface area contributed by atoms with Gasteiger partial charge in [0.05, 0.1) is 24.8 Å². The van der Waals surface area contributed by atoms with E-state index in [1.54, 1.807) is 6.07 Å². The number of hydrogen-bond donors (Lipinski definition) is 2. The highest BCUT2D eigenvalue weighted by Crippen LogP contribution is 2.34. The van der Waals surface area contributed by atoms with Gasteiger partial charge in [0.15, 0.2) is 11.5 Å². The minimum atomic E-state index is -4.44. The van der Waals surface area contributed by atoms with Crippen LogP contribution in [0.5, 0.6) is 11.5 Å². The SMILES string of the molecule is COc1ccc(N(C(=O)O)S(=O)(=O)c2cccc(C#CCO)c2)cc1OC. The highest BCUT2D eigenvalue weighted by atomic mass is 32.2. The third-order valence-electron chi connectivity index (χ3n) is 3.46. The van der Waals surface area contributed by atoms with Gasteiger partial charge in [-0.05, 0) is 30.3 Å². The van der Waals surface area contributed by atoms with Gasteiger partial charge < -0.3 is 19.7 Å². The zero-order valence-electron chi connectivity index (χ0n) is 14.5. The van der Waals surface area contributed by atoms with Crippen molar-refractivity contribution in [2.24, 2.45) is 0 Å². The first-order valence-electron chi connectivity index (χ1n) is 7.55. The molecular formula is C18H17NO7S. The lowest BCUT2D eigenvalue weighted by Crippen LogP contribution is -2.35. The van der Waals surface area contributed by atoms with Crippen LogP contribution in [0, 0.1) is 11.8 Å². The lowest BCUT2D eigenvalue weighted by atomic mass is 10.2. The molecule has 0 aliphatic rings. The van der Waals surface area contributed by atoms with E-state index in [1.807, 2.05) is 0 Å². The fourth-order valence-electron chi connectivity index (χ4n) is 2.28. The topological polar surface area (TPSA) is 113 Å². The molecule has 2 aromatic rings. The van der Waals surface area contributed by atoms with Gasteiger partial charge in [0, 0.05) is 11.6 Å². The van der Waals surface area contributed by atoms with Gasteiger partial charge in [0.1, 0.15) is 6.61 Å². The van der Waals surface area contributed by atoms with E-state index in [9.17, 15) is 18.3 Å². The molecule has 9 heteroatoms. The summed E-state index contributed by atoms with van der Waals surface area (Å²) in [4.78, 5) is 11.5. The Labute approximate surface area is 156 Å². The molecular weight excluding hydrogens is 374 g/mol. The summed E-state index contributed by atoms with van der Waals surface area (Å²) < 4.78 is 36.3. The Hall–Kier alpha value is -3.22. The van der Waals surface area contributed by atoms with Crippen molar-refractivity contribution < 1.29 is 32.9 Å². The summed E-state index contributed by atoms with van der Waals surface area (Å²) in [6, 6.07) is 9.42. The fourth-order valence-corrected chi connectivity index (χ4v) is 3.62. The summed E-state index contributed by atoms with van der Waals surface area (Å²) in [6.07, 6.45) is -1.69. The summed E-state index contributed by atoms with van der Waals surface area (Å²) in [5.74, 6) is 5.49. The van der Waals surface area contributed by atoms with Crippen molar-refractivity contribution in [2.45, 2.75) is 4.90 Å². The molecule has 0 aliphatic heterocycles. The average Bonchev–Trinajstić information content (AvgIpc) is 2.66. The highest BCUT2D eigenvalue weighted by Gasteiger charge is 2.31. The number of amides is 1. The van der Waals surface area contributed by atoms with Crippen LogP contribution in [0.3, 0.4) is 0 Å². The standard InChI is InChI=1S/C18H17NO7S/c1-25-16-9-8-14(12-17(16)26-2)19(18(21)22)27(23,24)15-7-3-5-13(11-15)6-4-10-20/h3,5,7-9,11-12,20H,10H2,1-2H3,(H,21,22). The van der Waals surface area contributed by atoms with Gasteiger partial charge >= 0.3 is 6.09 Å². The van der Waals surface area contributed by atoms with Crippen LogP contribution >= 0.6 is 0 Å². The summed E-state index contributed by atoms with van der Waals surface area (Å²) in [7, 11) is -1.68. The number of ether oxygens (including phenoxy) is 2. The second-order valence-corrected chi connectivity index (χ2v) is 6.87. The molecule has 0 spiro atoms. The van der Waals surface area contributed by atoms with Gasteiger partial charge in [0.2, 0.25) is 0 Å². The second kappa shape index (κ2) is 8.44. The van der Waals surface area contributed by atoms with Gasteiger partial charge in [-0.25, -0.2) is 13.2 Å². The highest BCUT2D eigenvalue weighted by molar-refractivity contribution is 7.93. The molecule has 2 rings (SSSR count). The molecule has 0 saturated carbocycles. The average molecular weight is 391 g/mol. The molecule has 0 heterocycles. The third kappa shape index (κ3) is 4.31. The van der Waals surface area contributed by atoms with Gasteiger partial charge in [0.25, 0.3) is 10.0 Å². The summed E-state index contributed by atoms with van der Waals surface area (Å²) in [5.41, 5.74) is 0.190. The maximum Gasteiger partial charge on any atom is 0.426 e. The molecule has 0 bridgehead atoms. The molecule has 8 nitrogen and oxygen atoms in total. The number of benzene rings is 2. The van der Waals surface area contributed by atoms with Crippen molar-refractivity contribution in [3.8, 4) is 23.3 Å². The zero-order valence-corrected chi connectivity index (χ0v) is 15.4. The molecule has 0 radical (unpaired) electrons. The van der Waals surface area contributed by atoms with Gasteiger partial charge in [-0.1, -0.05) is 17.9 Å². The van der Waals surface area contributed by atoms with Crippen molar-refractivity contribution in [3.63, 3.8) is 0 Å². The molecule has 0 unspecified atom stereocenters. The Balaban J connectivity index is 2.58. The quantitative estimate of drug-likeness (QED) is 0.749. The second-order valence-electron chi connectivity index (χ2n) is 5.08. The van der Waals surface area contributed by atoms with E-state index in [0.29, 0.717) is 11.3 Å². The normalized spacial score (nSPS) is 10.5. The molecule has 0 aromatic heterocycles. The van der Waals surface area contributed by atoms with Gasteiger partial charge in [-0.15, -0.1) is 0 Å². The van der Waals surface area contributed by atoms with Crippen LogP contribution in [0.25, 0.3) is 0 Å². The molecule has 0 fully saturated rings. The molecule has 0 atom stereocenters. The first-order chi connectivity index (χ1) is 12.8. The van der Waals surface area contributed by atoms with Crippen molar-refractivity contribution in [2.75, 3.05) is 25.1 Å². The van der Waals surface area contributed by atoms with E-state index in [4.69, 9.17) is 14.6 Å². The van der Waals surface area contributed by atoms with Crippen molar-refractivity contribution in [1.82, 2.24) is 0 Å². The molecule has 0 saturated heterocycles. The summed E-state index contributed by atoms with van der Waals surface area (Å²) in [6.45, 7) is -0.385. The number of anilines is 1. The number of sulfonamides is 1. The summed E-state index contributed by atoms with van der Waals surface area (Å²) >= 11 is 0. The van der Waals surface area contributed by atoms with E-state index < -0.39 is 16.1 Å². The first-order valence-corrected chi connectivity index (χ1v) is 8.99. The van der Waals surface area contributed by atoms with Crippen LogP contribution in [-0.4, -0.2) is 45.6 Å². The van der Waals surface area contributed by atoms with Crippen LogP contribution < -0.4 is 13.8 Å². The Morgan fingerprint density at radius 1 is 1.11 bits per heavy atom. The van der Waals surface area contributed by atoms with E-state index in [1.165, 1.54) is 50.6 Å². The lowest BCUT2D eigenvalue weighted by Gasteiger charge is -2.20. The van der Waals surface area contributed by atoms with E-state index in [0.717, 1.165) is 0 Å². The minimum absolute atomic E-state index is 0.132. The van der Waals surface area contributed by atoms with Crippen LogP contribution in [-0.2, 0) is 10.0 Å². The van der Waals surface area contributed by atoms with E-state index in [2.05, 4.69) is 11.8 Å². The number of nitrogens with zero attached hydrogens (tertiary/aromatic N) is 1. The number of carbonyl (C=O) groups is 1. The maximum absolute atomic E-state index is 12.9. The lowest BCUT2D eigenvalue weighted by molar-refractivity contribution is 0.206. The van der Waals surface area contributed by atoms with Gasteiger partial charge in [-0.2, -0.15) is 4.31 Å². The van der Waals surface area contributed by atoms with Gasteiger partial charge in [-0.3, -0.25) is 0 Å². The molecule has 2 aromatic carbocycles. The maximum atomic E-state index is 12.9. The number of methoxy groups -OCH3 is 2. The first kappa shape index (κ1) is 20.1. The van der Waals surface area contributed by atoms with Crippen LogP contribution in [0.1, 0.15) is 5.56 Å². The van der Waals surface area contributed by atoms with E-state index >= 15 is 0 Å². The number of rotatable bonds is 5. The number of aliphatic hydroxyl groups is 1. The van der Waals surface area contributed by atoms with Crippen LogP contribution in [0.4, 0.5) is 10.5 Å². The van der Waals surface area contributed by atoms with Crippen LogP contribution in [0.15, 0.2) is 47.4 Å². The Morgan fingerprint density at radius 3 is 2.41 bits per heavy atom. The molecule has 142 valence electrons. The molecule has 27 heavy (non-hydrogen) atoms. The Morgan fingerprint density at radius 2 is 1.81 bits per heavy atom. The fraction of sp³-hybridized carbons (Fsp3) is 0.167. The van der Waals surface area contributed by atoms with E-state index in [-0.39, 0.29) is 27.2 Å². The van der Waals surface area contributed by atoms with Crippen molar-refractivity contribution in [3.05, 3.63) is 48.0 Å². The number of carboxylic acid groups (broad SMARTS) is 1. The number of aliphatic hydroxyl groups excluding tert-OH is 1. The zero-order chi connectivity index (χ0) is 20.0. The predicted molar refractivity (Wildman–Crippen MR) is 97.6 cm³/mol. The molecule has 2 N–H and O–H groups in total. The largest absolute Gasteiger partial charge is 0.493 e. The summed E-state index contributed by atoms with van der Waals surface area (Å²) in [5, 5.41) is 18.3. The molecule has 0 aliphatic carbocycles. The predicted octanol–water partition coefficient (Wildman–Crippen LogP) is 1.92. The van der Waals surface area contributed by atoms with Crippen molar-refractivity contribution >= 4 is 21.8 Å². The van der Waals surface area contributed by atoms with Crippen LogP contribution in [0.2, 0.25) is 0 Å². The smallest absolute Gasteiger partial charge is 0.426 e. The van der Waals surface area contributed by atoms with Crippen molar-refractivity contribution in [1.29, 1.82) is 0 Å². The monoisotopic (exact) mass is 391 g/mol. The molecule has 1 amide bonds. The Kier molecular flexibility index (Phi) is 6.28. The Bertz CT molecular complexity index is 1010. The number of hydrogen-bond acceptors (Lipinski definition) is 6.